The standard InChI is InChI=1S/C23H23FN6O4.C18H24BFN2O5.C11H11BrN4O.C10H7BrN2O4.C5H3Br2N.C5H9N3/c1-14(31)27-11-18-12-30(23(33)34-18)17-3-4-19(20(24)8-17)15-2-5-21(28-9-15)22(32)26-7-6-16-10-25-13-29-16;1-11(23)21-9-13-10-22(16(24)25-13)12-6-7-14(15(20)8-12)19-26-17(2,3)18(4,5)27-19;12-8-1-2-10(15-5-8)11(17)14-4-3-9-6-13-7-16-9;11-6-1-2-7(12-5-6)10(16)17-13-8(14)3-4-9(13)15;6-4-1-2-5(7)8-3-4;6-2-1-5-3-7-4-8-5/h2-5,8-10,13,18H,6-7,11-12H2,1H3,(H,25,29)(H,26,32)(H,27,31);6-8,13H,9-10H2,1-5H3,(H,21,23);1-2,5-7H,3-4H2,(H,13,16)(H,14,17);1-2,5H,3-4H2;1-3H;3-4H,1-2,6H2,(H,7,8). The van der Waals surface area contributed by atoms with Crippen molar-refractivity contribution >= 4 is 141 Å². The normalized spacial score (nSPS) is 15.6. The molecule has 0 saturated carbocycles. The number of halogens is 6. The highest BCUT2D eigenvalue weighted by Crippen LogP contribution is 2.37. The van der Waals surface area contributed by atoms with E-state index in [-0.39, 0.29) is 85.1 Å². The third kappa shape index (κ3) is 26.3. The predicted molar refractivity (Wildman–Crippen MR) is 415 cm³/mol. The number of anilines is 2. The van der Waals surface area contributed by atoms with Crippen LogP contribution < -0.4 is 42.3 Å². The Morgan fingerprint density at radius 2 is 1.00 bits per heavy atom. The second-order valence-electron chi connectivity index (χ2n) is 25.3. The Morgan fingerprint density at radius 1 is 0.559 bits per heavy atom. The molecule has 0 radical (unpaired) electrons. The van der Waals surface area contributed by atoms with Gasteiger partial charge in [0.15, 0.2) is 5.69 Å². The van der Waals surface area contributed by atoms with Crippen LogP contribution in [0.1, 0.15) is 103 Å². The van der Waals surface area contributed by atoms with Crippen molar-refractivity contribution in [2.24, 2.45) is 5.73 Å². The van der Waals surface area contributed by atoms with Crippen LogP contribution in [-0.2, 0) is 62.1 Å². The molecule has 0 bridgehead atoms. The van der Waals surface area contributed by atoms with Crippen LogP contribution in [0, 0.1) is 11.6 Å². The average molecular weight is 1790 g/mol. The number of ether oxygens (including phenoxy) is 2. The third-order valence-corrected chi connectivity index (χ3v) is 18.4. The van der Waals surface area contributed by atoms with E-state index in [9.17, 15) is 51.9 Å². The monoisotopic (exact) mass is 1780 g/mol. The van der Waals surface area contributed by atoms with Gasteiger partial charge in [0, 0.05) is 150 Å². The number of aromatic nitrogens is 10. The molecule has 8 amide bonds. The molecule has 584 valence electrons. The van der Waals surface area contributed by atoms with Gasteiger partial charge in [-0.2, -0.15) is 0 Å². The number of hydrogen-bond acceptors (Lipinski definition) is 22. The van der Waals surface area contributed by atoms with Gasteiger partial charge in [0.1, 0.15) is 39.8 Å². The summed E-state index contributed by atoms with van der Waals surface area (Å²) >= 11 is 12.9. The van der Waals surface area contributed by atoms with Gasteiger partial charge < -0.3 is 65.6 Å². The van der Waals surface area contributed by atoms with Gasteiger partial charge in [0.2, 0.25) is 11.8 Å². The Balaban J connectivity index is 0.000000179. The van der Waals surface area contributed by atoms with E-state index in [1.165, 1.54) is 60.3 Å². The van der Waals surface area contributed by atoms with E-state index in [1.807, 2.05) is 39.8 Å². The number of nitrogens with two attached hydrogens (primary N) is 1. The van der Waals surface area contributed by atoms with Crippen LogP contribution in [0.3, 0.4) is 0 Å². The molecule has 111 heavy (non-hydrogen) atoms. The maximum absolute atomic E-state index is 14.9. The van der Waals surface area contributed by atoms with Crippen LogP contribution in [0.15, 0.2) is 165 Å². The van der Waals surface area contributed by atoms with E-state index < -0.39 is 72.1 Å². The first-order valence-corrected chi connectivity index (χ1v) is 37.3. The Kier molecular flexibility index (Phi) is 32.1. The van der Waals surface area contributed by atoms with Gasteiger partial charge in [-0.1, -0.05) is 12.1 Å². The summed E-state index contributed by atoms with van der Waals surface area (Å²) in [5.41, 5.74) is 9.57. The lowest BCUT2D eigenvalue weighted by atomic mass is 9.78. The zero-order valence-electron chi connectivity index (χ0n) is 60.6. The quantitative estimate of drug-likeness (QED) is 0.0201. The predicted octanol–water partition coefficient (Wildman–Crippen LogP) is 8.75. The number of rotatable bonds is 20. The van der Waals surface area contributed by atoms with Crippen molar-refractivity contribution in [1.29, 1.82) is 0 Å². The lowest BCUT2D eigenvalue weighted by molar-refractivity contribution is -0.172. The fourth-order valence-electron chi connectivity index (χ4n) is 10.0. The Bertz CT molecular complexity index is 4570. The molecular formula is C72H77BBr4F2N18O14. The molecular weight excluding hydrogens is 1710 g/mol. The molecule has 9 aromatic rings. The number of carbonyl (C=O) groups excluding carboxylic acids is 9. The highest BCUT2D eigenvalue weighted by Gasteiger charge is 2.52. The van der Waals surface area contributed by atoms with Crippen molar-refractivity contribution in [2.75, 3.05) is 55.6 Å². The molecule has 2 atom stereocenters. The summed E-state index contributed by atoms with van der Waals surface area (Å²) in [5, 5.41) is 11.3. The molecule has 4 aliphatic rings. The molecule has 4 saturated heterocycles. The molecule has 32 nitrogen and oxygen atoms in total. The topological polar surface area (TPSA) is 421 Å². The first kappa shape index (κ1) is 86.0. The van der Waals surface area contributed by atoms with Gasteiger partial charge >= 0.3 is 25.3 Å². The zero-order valence-corrected chi connectivity index (χ0v) is 67.0. The summed E-state index contributed by atoms with van der Waals surface area (Å²) in [7, 11) is -0.818. The molecule has 13 rings (SSSR count). The highest BCUT2D eigenvalue weighted by molar-refractivity contribution is 9.11. The maximum atomic E-state index is 14.9. The number of nitrogens with zero attached hydrogens (tertiary/aromatic N) is 10. The molecule has 7 aromatic heterocycles. The van der Waals surface area contributed by atoms with Crippen LogP contribution >= 0.6 is 63.7 Å². The van der Waals surface area contributed by atoms with Crippen molar-refractivity contribution in [2.45, 2.75) is 97.1 Å². The van der Waals surface area contributed by atoms with Crippen LogP contribution in [-0.4, -0.2) is 185 Å². The Labute approximate surface area is 669 Å². The molecule has 0 aliphatic carbocycles. The number of amides is 8. The van der Waals surface area contributed by atoms with Gasteiger partial charge in [0.25, 0.3) is 23.6 Å². The number of H-pyrrole nitrogens is 3. The number of imide groups is 1. The molecule has 11 heterocycles. The second kappa shape index (κ2) is 41.5. The van der Waals surface area contributed by atoms with Crippen molar-refractivity contribution in [3.63, 3.8) is 0 Å². The van der Waals surface area contributed by atoms with E-state index in [4.69, 9.17) is 24.5 Å². The van der Waals surface area contributed by atoms with E-state index >= 15 is 0 Å². The van der Waals surface area contributed by atoms with Gasteiger partial charge in [-0.15, -0.1) is 5.06 Å². The number of cyclic esters (lactones) is 2. The van der Waals surface area contributed by atoms with Crippen molar-refractivity contribution in [1.82, 2.24) is 76.2 Å². The Morgan fingerprint density at radius 3 is 1.40 bits per heavy atom. The van der Waals surface area contributed by atoms with Gasteiger partial charge in [0.05, 0.1) is 67.7 Å². The average Bonchev–Trinajstić information content (AvgIpc) is 1.63. The number of nitrogens with one attached hydrogen (secondary N) is 7. The first-order chi connectivity index (χ1) is 52.9. The maximum Gasteiger partial charge on any atom is 0.497 e. The van der Waals surface area contributed by atoms with E-state index in [1.54, 1.807) is 98.5 Å². The van der Waals surface area contributed by atoms with Gasteiger partial charge in [-0.3, -0.25) is 43.6 Å². The minimum absolute atomic E-state index is 0.0284. The number of hydroxylamine groups is 2. The number of benzene rings is 2. The van der Waals surface area contributed by atoms with Crippen molar-refractivity contribution in [3.8, 4) is 11.1 Å². The number of hydrogen-bond donors (Lipinski definition) is 8. The molecule has 2 aromatic carbocycles. The van der Waals surface area contributed by atoms with Crippen molar-refractivity contribution in [3.05, 3.63) is 211 Å². The highest BCUT2D eigenvalue weighted by atomic mass is 79.9. The SMILES string of the molecule is Brc1ccc(Br)nc1.CC(=O)NCC1CN(c2ccc(-c3ccc(C(=O)NCCc4cnc[nH]4)nc3)c(F)c2)C(=O)O1.CC(=O)NCC1CN(c2ccc(B3OC(C)(C)C(C)(C)O3)c(F)c2)C(=O)O1.NCCc1cnc[nH]1.O=C(NCCc1cnc[nH]1)c1ccc(Br)cn1.O=C(ON1C(=O)CCC1=O)c1ccc(Br)cn1. The summed E-state index contributed by atoms with van der Waals surface area (Å²) < 4.78 is 55.2. The zero-order chi connectivity index (χ0) is 80.4. The summed E-state index contributed by atoms with van der Waals surface area (Å²) in [5.74, 6) is -3.86. The fourth-order valence-corrected chi connectivity index (χ4v) is 10.9. The number of pyridine rings is 4. The molecule has 0 spiro atoms. The van der Waals surface area contributed by atoms with Gasteiger partial charge in [-0.25, -0.2) is 53.1 Å². The lowest BCUT2D eigenvalue weighted by Crippen LogP contribution is -2.41. The number of imidazole rings is 3. The van der Waals surface area contributed by atoms with Crippen molar-refractivity contribution < 1.29 is 75.6 Å². The van der Waals surface area contributed by atoms with E-state index in [0.29, 0.717) is 58.2 Å². The van der Waals surface area contributed by atoms with Crippen LogP contribution in [0.2, 0.25) is 0 Å². The van der Waals surface area contributed by atoms with E-state index in [2.05, 4.69) is 140 Å². The second-order valence-corrected chi connectivity index (χ2v) is 28.8. The molecule has 2 unspecified atom stereocenters. The molecule has 39 heteroatoms. The Hall–Kier alpha value is -10.6. The minimum atomic E-state index is -0.832. The van der Waals surface area contributed by atoms with Crippen LogP contribution in [0.4, 0.5) is 29.7 Å². The largest absolute Gasteiger partial charge is 0.497 e. The summed E-state index contributed by atoms with van der Waals surface area (Å²) in [6.07, 6.45) is 16.4. The van der Waals surface area contributed by atoms with Crippen LogP contribution in [0.25, 0.3) is 11.1 Å². The third-order valence-electron chi connectivity index (χ3n) is 16.5. The minimum Gasteiger partial charge on any atom is -0.442 e. The number of aromatic amines is 3. The smallest absolute Gasteiger partial charge is 0.442 e. The molecule has 4 fully saturated rings. The summed E-state index contributed by atoms with van der Waals surface area (Å²) in [4.78, 5) is 148. The molecule has 9 N–H and O–H groups in total. The fraction of sp³-hybridized carbons (Fsp3) is 0.306. The van der Waals surface area contributed by atoms with Crippen LogP contribution in [0.5, 0.6) is 0 Å². The molecule has 4 aliphatic heterocycles. The number of carbonyl (C=O) groups is 9. The van der Waals surface area contributed by atoms with E-state index in [0.717, 1.165) is 43.5 Å². The first-order valence-electron chi connectivity index (χ1n) is 34.1. The van der Waals surface area contributed by atoms with Gasteiger partial charge in [-0.05, 0) is 171 Å². The summed E-state index contributed by atoms with van der Waals surface area (Å²) in [6.45, 7) is 12.8. The summed E-state index contributed by atoms with van der Waals surface area (Å²) in [6, 6.07) is 22.3. The lowest BCUT2D eigenvalue weighted by Gasteiger charge is -2.32.